The van der Waals surface area contributed by atoms with Gasteiger partial charge in [-0.3, -0.25) is 0 Å². The maximum atomic E-state index is 5.66. The zero-order chi connectivity index (χ0) is 11.5. The molecule has 0 aliphatic carbocycles. The molecule has 0 spiro atoms. The van der Waals surface area contributed by atoms with Crippen molar-refractivity contribution in [3.05, 3.63) is 4.73 Å². The minimum Gasteiger partial charge on any atom is -0.461 e. The van der Waals surface area contributed by atoms with Gasteiger partial charge in [0.05, 0.1) is 6.10 Å². The lowest BCUT2D eigenvalue weighted by Gasteiger charge is -2.23. The number of aromatic nitrogens is 3. The molecule has 0 N–H and O–H groups in total. The Labute approximate surface area is 103 Å². The van der Waals surface area contributed by atoms with Crippen molar-refractivity contribution < 1.29 is 9.47 Å². The topological polar surface area (TPSA) is 49.2 Å². The zero-order valence-electron chi connectivity index (χ0n) is 9.52. The van der Waals surface area contributed by atoms with Gasteiger partial charge in [-0.1, -0.05) is 0 Å². The van der Waals surface area contributed by atoms with E-state index in [1.165, 1.54) is 0 Å². The van der Waals surface area contributed by atoms with Crippen LogP contribution in [0.4, 0.5) is 0 Å². The van der Waals surface area contributed by atoms with E-state index in [0.29, 0.717) is 10.7 Å². The van der Waals surface area contributed by atoms with Crippen LogP contribution in [0.5, 0.6) is 6.01 Å². The predicted molar refractivity (Wildman–Crippen MR) is 62.3 cm³/mol. The third-order valence-corrected chi connectivity index (χ3v) is 2.68. The van der Waals surface area contributed by atoms with Crippen LogP contribution in [0.2, 0.25) is 0 Å². The van der Waals surface area contributed by atoms with Crippen molar-refractivity contribution in [2.45, 2.75) is 45.4 Å². The highest BCUT2D eigenvalue weighted by Gasteiger charge is 2.22. The van der Waals surface area contributed by atoms with Gasteiger partial charge in [-0.05, 0) is 49.0 Å². The van der Waals surface area contributed by atoms with Crippen LogP contribution >= 0.6 is 15.9 Å². The fourth-order valence-corrected chi connectivity index (χ4v) is 2.00. The molecule has 1 aromatic heterocycles. The van der Waals surface area contributed by atoms with E-state index < -0.39 is 0 Å². The summed E-state index contributed by atoms with van der Waals surface area (Å²) in [6.07, 6.45) is 3.28. The van der Waals surface area contributed by atoms with Crippen LogP contribution in [0.25, 0.3) is 0 Å². The summed E-state index contributed by atoms with van der Waals surface area (Å²) in [5, 5.41) is 4.26. The molecule has 2 heterocycles. The molecule has 5 nitrogen and oxygen atoms in total. The van der Waals surface area contributed by atoms with Crippen LogP contribution in [0, 0.1) is 0 Å². The van der Waals surface area contributed by atoms with Crippen LogP contribution in [0.3, 0.4) is 0 Å². The summed E-state index contributed by atoms with van der Waals surface area (Å²) in [5.74, 6) is 0. The lowest BCUT2D eigenvalue weighted by molar-refractivity contribution is -0.0457. The standard InChI is InChI=1S/C10H16BrN3O2/c1-7(2)16-10-12-9(11)13-14(10)8-5-3-4-6-15-8/h7-8H,3-6H2,1-2H3/t8-/m0/s1. The van der Waals surface area contributed by atoms with Gasteiger partial charge in [0.25, 0.3) is 0 Å². The second-order valence-electron chi connectivity index (χ2n) is 4.10. The minimum absolute atomic E-state index is 0.0405. The number of nitrogens with zero attached hydrogens (tertiary/aromatic N) is 3. The quantitative estimate of drug-likeness (QED) is 0.858. The first-order valence-corrected chi connectivity index (χ1v) is 6.36. The van der Waals surface area contributed by atoms with E-state index >= 15 is 0 Å². The van der Waals surface area contributed by atoms with Crippen molar-refractivity contribution in [2.75, 3.05) is 6.61 Å². The number of hydrogen-bond acceptors (Lipinski definition) is 4. The Bertz CT molecular complexity index is 348. The highest BCUT2D eigenvalue weighted by atomic mass is 79.9. The van der Waals surface area contributed by atoms with E-state index in [-0.39, 0.29) is 12.3 Å². The molecule has 0 radical (unpaired) electrons. The summed E-state index contributed by atoms with van der Waals surface area (Å²) >= 11 is 3.26. The van der Waals surface area contributed by atoms with Crippen molar-refractivity contribution in [1.82, 2.24) is 14.8 Å². The van der Waals surface area contributed by atoms with E-state index in [4.69, 9.17) is 9.47 Å². The van der Waals surface area contributed by atoms with E-state index in [1.54, 1.807) is 4.68 Å². The summed E-state index contributed by atoms with van der Waals surface area (Å²) in [6, 6.07) is 0.522. The van der Waals surface area contributed by atoms with Gasteiger partial charge >= 0.3 is 6.01 Å². The molecule has 0 bridgehead atoms. The average Bonchev–Trinajstić information content (AvgIpc) is 2.60. The molecule has 1 aliphatic heterocycles. The Morgan fingerprint density at radius 3 is 2.94 bits per heavy atom. The smallest absolute Gasteiger partial charge is 0.318 e. The molecule has 0 amide bonds. The minimum atomic E-state index is -0.0405. The third-order valence-electron chi connectivity index (χ3n) is 2.34. The van der Waals surface area contributed by atoms with Gasteiger partial charge in [-0.25, -0.2) is 0 Å². The third kappa shape index (κ3) is 2.74. The van der Waals surface area contributed by atoms with Crippen molar-refractivity contribution in [3.63, 3.8) is 0 Å². The first kappa shape index (κ1) is 11.9. The van der Waals surface area contributed by atoms with Gasteiger partial charge in [-0.15, -0.1) is 5.10 Å². The molecule has 1 aromatic rings. The molecule has 0 unspecified atom stereocenters. The van der Waals surface area contributed by atoms with Crippen molar-refractivity contribution in [3.8, 4) is 6.01 Å². The van der Waals surface area contributed by atoms with E-state index in [0.717, 1.165) is 25.9 Å². The van der Waals surface area contributed by atoms with E-state index in [1.807, 2.05) is 13.8 Å². The molecule has 1 fully saturated rings. The first-order valence-electron chi connectivity index (χ1n) is 5.57. The molecule has 2 rings (SSSR count). The van der Waals surface area contributed by atoms with Gasteiger partial charge in [0, 0.05) is 6.61 Å². The molecule has 0 aromatic carbocycles. The van der Waals surface area contributed by atoms with E-state index in [2.05, 4.69) is 26.0 Å². The summed E-state index contributed by atoms with van der Waals surface area (Å²) in [5.41, 5.74) is 0. The molecular formula is C10H16BrN3O2. The predicted octanol–water partition coefficient (Wildman–Crippen LogP) is 2.53. The number of halogens is 1. The number of rotatable bonds is 3. The van der Waals surface area contributed by atoms with Crippen molar-refractivity contribution in [1.29, 1.82) is 0 Å². The van der Waals surface area contributed by atoms with E-state index in [9.17, 15) is 0 Å². The second kappa shape index (κ2) is 5.14. The Kier molecular flexibility index (Phi) is 3.81. The second-order valence-corrected chi connectivity index (χ2v) is 4.81. The highest BCUT2D eigenvalue weighted by molar-refractivity contribution is 9.10. The van der Waals surface area contributed by atoms with Gasteiger partial charge in [0.15, 0.2) is 6.23 Å². The summed E-state index contributed by atoms with van der Waals surface area (Å²) in [6.45, 7) is 4.71. The molecule has 16 heavy (non-hydrogen) atoms. The lowest BCUT2D eigenvalue weighted by atomic mass is 10.2. The van der Waals surface area contributed by atoms with Gasteiger partial charge < -0.3 is 9.47 Å². The summed E-state index contributed by atoms with van der Waals surface area (Å²) in [7, 11) is 0. The van der Waals surface area contributed by atoms with Gasteiger partial charge in [0.2, 0.25) is 4.73 Å². The molecule has 1 atom stereocenters. The molecule has 0 saturated carbocycles. The fourth-order valence-electron chi connectivity index (χ4n) is 1.68. The summed E-state index contributed by atoms with van der Waals surface area (Å²) < 4.78 is 13.5. The number of hydrogen-bond donors (Lipinski definition) is 0. The van der Waals surface area contributed by atoms with Crippen LogP contribution in [0.15, 0.2) is 4.73 Å². The molecule has 6 heteroatoms. The monoisotopic (exact) mass is 289 g/mol. The Hall–Kier alpha value is -0.620. The average molecular weight is 290 g/mol. The fraction of sp³-hybridized carbons (Fsp3) is 0.800. The molecular weight excluding hydrogens is 274 g/mol. The van der Waals surface area contributed by atoms with Crippen molar-refractivity contribution >= 4 is 15.9 Å². The molecule has 90 valence electrons. The summed E-state index contributed by atoms with van der Waals surface area (Å²) in [4.78, 5) is 4.19. The Morgan fingerprint density at radius 2 is 2.31 bits per heavy atom. The normalized spacial score (nSPS) is 21.4. The Balaban J connectivity index is 2.17. The highest BCUT2D eigenvalue weighted by Crippen LogP contribution is 2.27. The van der Waals surface area contributed by atoms with Crippen molar-refractivity contribution in [2.24, 2.45) is 0 Å². The van der Waals surface area contributed by atoms with Gasteiger partial charge in [-0.2, -0.15) is 9.67 Å². The largest absolute Gasteiger partial charge is 0.461 e. The zero-order valence-corrected chi connectivity index (χ0v) is 11.1. The maximum absolute atomic E-state index is 5.66. The van der Waals surface area contributed by atoms with Crippen LogP contribution in [-0.4, -0.2) is 27.5 Å². The SMILES string of the molecule is CC(C)Oc1nc(Br)nn1[C@@H]1CCCCO1. The maximum Gasteiger partial charge on any atom is 0.318 e. The lowest BCUT2D eigenvalue weighted by Crippen LogP contribution is -2.21. The number of ether oxygens (including phenoxy) is 2. The van der Waals surface area contributed by atoms with Crippen LogP contribution < -0.4 is 4.74 Å². The van der Waals surface area contributed by atoms with Gasteiger partial charge in [0.1, 0.15) is 0 Å². The molecule has 1 aliphatic rings. The van der Waals surface area contributed by atoms with Crippen LogP contribution in [0.1, 0.15) is 39.3 Å². The first-order chi connectivity index (χ1) is 7.66. The van der Waals surface area contributed by atoms with Crippen LogP contribution in [-0.2, 0) is 4.74 Å². The Morgan fingerprint density at radius 1 is 1.50 bits per heavy atom. The molecule has 1 saturated heterocycles.